The molecule has 0 spiro atoms. The largest absolute Gasteiger partial charge is 0.512 e. The fourth-order valence-corrected chi connectivity index (χ4v) is 7.41. The number of pyridine rings is 2. The van der Waals surface area contributed by atoms with Crippen molar-refractivity contribution in [1.82, 2.24) is 9.97 Å². The van der Waals surface area contributed by atoms with Crippen molar-refractivity contribution >= 4 is 27.5 Å². The predicted octanol–water partition coefficient (Wildman–Crippen LogP) is 12.0. The Morgan fingerprint density at radius 3 is 2.31 bits per heavy atom. The summed E-state index contributed by atoms with van der Waals surface area (Å²) in [6, 6.07) is 16.5. The van der Waals surface area contributed by atoms with Gasteiger partial charge in [-0.05, 0) is 67.1 Å². The smallest absolute Gasteiger partial charge is 0.162 e. The maximum Gasteiger partial charge on any atom is 0.162 e. The van der Waals surface area contributed by atoms with Crippen LogP contribution >= 0.6 is 0 Å². The van der Waals surface area contributed by atoms with Crippen molar-refractivity contribution in [2.45, 2.75) is 113 Å². The van der Waals surface area contributed by atoms with Crippen LogP contribution in [0.25, 0.3) is 44.1 Å². The first-order chi connectivity index (χ1) is 23.9. The van der Waals surface area contributed by atoms with E-state index in [4.69, 9.17) is 9.40 Å². The second-order valence-corrected chi connectivity index (χ2v) is 15.2. The number of benzene rings is 2. The second kappa shape index (κ2) is 17.3. The second-order valence-electron chi connectivity index (χ2n) is 15.2. The van der Waals surface area contributed by atoms with Crippen LogP contribution in [0.5, 0.6) is 0 Å². The van der Waals surface area contributed by atoms with E-state index in [1.807, 2.05) is 46.2 Å². The Kier molecular flexibility index (Phi) is 13.6. The quantitative estimate of drug-likeness (QED) is 0.0860. The van der Waals surface area contributed by atoms with Crippen molar-refractivity contribution in [3.05, 3.63) is 95.3 Å². The molecule has 1 aliphatic rings. The van der Waals surface area contributed by atoms with E-state index in [1.54, 1.807) is 0 Å². The summed E-state index contributed by atoms with van der Waals surface area (Å²) in [5.41, 5.74) is 9.28. The van der Waals surface area contributed by atoms with E-state index >= 15 is 0 Å². The molecule has 0 amide bonds. The molecule has 273 valence electrons. The molecule has 5 aromatic rings. The van der Waals surface area contributed by atoms with Crippen LogP contribution in [0.1, 0.15) is 110 Å². The van der Waals surface area contributed by atoms with Crippen LogP contribution in [0.3, 0.4) is 0 Å². The molecule has 0 atom stereocenters. The van der Waals surface area contributed by atoms with Gasteiger partial charge in [0, 0.05) is 85.2 Å². The third kappa shape index (κ3) is 8.72. The SMILES string of the molecule is CC(C)Cc1cncc2c1CCc1oc3ccnc(-c4[c-]c5ccccc5c(C(C)(C)C)c4)c3c1-2.CCC(CC)C(=O)/C=C(\O)C(CC)CC.[Ir]. The number of carbonyl (C=O) groups excluding carboxylic acids is 1. The maximum atomic E-state index is 11.7. The summed E-state index contributed by atoms with van der Waals surface area (Å²) >= 11 is 0. The van der Waals surface area contributed by atoms with E-state index < -0.39 is 0 Å². The Balaban J connectivity index is 0.000000312. The third-order valence-corrected chi connectivity index (χ3v) is 10.2. The van der Waals surface area contributed by atoms with Crippen LogP contribution < -0.4 is 0 Å². The Bertz CT molecular complexity index is 1990. The van der Waals surface area contributed by atoms with Crippen molar-refractivity contribution in [2.24, 2.45) is 17.8 Å². The molecular formula is C45H55IrN2O3-. The Morgan fingerprint density at radius 2 is 1.67 bits per heavy atom. The Labute approximate surface area is 318 Å². The van der Waals surface area contributed by atoms with Crippen LogP contribution in [0.4, 0.5) is 0 Å². The first kappa shape index (κ1) is 40.2. The standard InChI is InChI=1S/C32H31N2O.C13H24O2.Ir/c1-19(2)14-22-17-33-18-25-23(22)10-11-27-29(25)30-28(35-27)12-13-34-31(30)21-15-20-8-6-7-9-24(20)26(16-21)32(3,4)5;1-5-10(6-2)12(14)9-13(15)11(7-3)8-4;/h6-9,12-13,16-19H,10-11,14H2,1-5H3;9-11,14H,5-8H2,1-4H3;/q-1;;/b;12-9-;. The molecule has 0 aliphatic heterocycles. The number of allylic oxidation sites excluding steroid dienone is 2. The molecule has 2 aromatic carbocycles. The van der Waals surface area contributed by atoms with Gasteiger partial charge < -0.3 is 9.52 Å². The first-order valence-corrected chi connectivity index (χ1v) is 18.7. The van der Waals surface area contributed by atoms with Gasteiger partial charge in [0.25, 0.3) is 0 Å². The number of ketones is 1. The summed E-state index contributed by atoms with van der Waals surface area (Å²) in [4.78, 5) is 21.3. The summed E-state index contributed by atoms with van der Waals surface area (Å²) in [5.74, 6) is 2.18. The zero-order chi connectivity index (χ0) is 36.2. The number of hydrogen-bond acceptors (Lipinski definition) is 5. The number of aryl methyl sites for hydroxylation is 1. The van der Waals surface area contributed by atoms with Crippen LogP contribution in [-0.2, 0) is 49.6 Å². The monoisotopic (exact) mass is 864 g/mol. The molecule has 0 saturated carbocycles. The van der Waals surface area contributed by atoms with Gasteiger partial charge in [-0.3, -0.25) is 14.8 Å². The van der Waals surface area contributed by atoms with Gasteiger partial charge in [0.05, 0.1) is 5.76 Å². The number of furan rings is 1. The van der Waals surface area contributed by atoms with Gasteiger partial charge in [-0.2, -0.15) is 0 Å². The molecule has 6 heteroatoms. The van der Waals surface area contributed by atoms with E-state index in [0.717, 1.165) is 78.3 Å². The molecule has 3 aromatic heterocycles. The van der Waals surface area contributed by atoms with E-state index in [1.165, 1.54) is 39.3 Å². The predicted molar refractivity (Wildman–Crippen MR) is 208 cm³/mol. The Morgan fingerprint density at radius 1 is 0.980 bits per heavy atom. The molecule has 0 bridgehead atoms. The van der Waals surface area contributed by atoms with Crippen molar-refractivity contribution in [2.75, 3.05) is 0 Å². The molecular weight excluding hydrogens is 809 g/mol. The topological polar surface area (TPSA) is 76.2 Å². The fraction of sp³-hybridized carbons (Fsp3) is 0.444. The maximum absolute atomic E-state index is 11.7. The minimum Gasteiger partial charge on any atom is -0.512 e. The van der Waals surface area contributed by atoms with Gasteiger partial charge in [-0.1, -0.05) is 91.5 Å². The molecule has 0 saturated heterocycles. The first-order valence-electron chi connectivity index (χ1n) is 18.7. The zero-order valence-corrected chi connectivity index (χ0v) is 34.3. The summed E-state index contributed by atoms with van der Waals surface area (Å²) in [6.07, 6.45) is 13.8. The van der Waals surface area contributed by atoms with Crippen LogP contribution in [0, 0.1) is 23.8 Å². The van der Waals surface area contributed by atoms with E-state index in [0.29, 0.717) is 5.92 Å². The molecule has 6 rings (SSSR count). The normalized spacial score (nSPS) is 12.9. The number of nitrogens with zero attached hydrogens (tertiary/aromatic N) is 2. The summed E-state index contributed by atoms with van der Waals surface area (Å²) in [7, 11) is 0. The number of carbonyl (C=O) groups is 1. The van der Waals surface area contributed by atoms with Gasteiger partial charge >= 0.3 is 0 Å². The fourth-order valence-electron chi connectivity index (χ4n) is 7.41. The minimum atomic E-state index is -0.00452. The number of fused-ring (bicyclic) bond motifs is 6. The average molecular weight is 864 g/mol. The molecule has 51 heavy (non-hydrogen) atoms. The number of aliphatic hydroxyl groups excluding tert-OH is 1. The van der Waals surface area contributed by atoms with Gasteiger partial charge in [0.2, 0.25) is 0 Å². The van der Waals surface area contributed by atoms with E-state index in [9.17, 15) is 9.90 Å². The summed E-state index contributed by atoms with van der Waals surface area (Å²) < 4.78 is 6.43. The van der Waals surface area contributed by atoms with E-state index in [2.05, 4.69) is 82.2 Å². The Hall–Kier alpha value is -3.60. The van der Waals surface area contributed by atoms with Gasteiger partial charge in [-0.15, -0.1) is 29.1 Å². The summed E-state index contributed by atoms with van der Waals surface area (Å²) in [6.45, 7) is 19.4. The van der Waals surface area contributed by atoms with E-state index in [-0.39, 0.29) is 48.9 Å². The molecule has 5 nitrogen and oxygen atoms in total. The number of aromatic nitrogens is 2. The van der Waals surface area contributed by atoms with Gasteiger partial charge in [-0.25, -0.2) is 0 Å². The summed E-state index contributed by atoms with van der Waals surface area (Å²) in [5, 5.41) is 13.2. The van der Waals surface area contributed by atoms with Gasteiger partial charge in [0.15, 0.2) is 5.78 Å². The molecule has 1 N–H and O–H groups in total. The van der Waals surface area contributed by atoms with Crippen LogP contribution in [0.15, 0.2) is 71.2 Å². The molecule has 0 unspecified atom stereocenters. The van der Waals surface area contributed by atoms with Crippen molar-refractivity contribution in [1.29, 1.82) is 0 Å². The zero-order valence-electron chi connectivity index (χ0n) is 31.9. The number of hydrogen-bond donors (Lipinski definition) is 1. The molecule has 1 aliphatic carbocycles. The van der Waals surface area contributed by atoms with Gasteiger partial charge in [0.1, 0.15) is 11.3 Å². The van der Waals surface area contributed by atoms with Crippen molar-refractivity contribution in [3.63, 3.8) is 0 Å². The molecule has 1 radical (unpaired) electrons. The minimum absolute atomic E-state index is 0. The molecule has 0 fully saturated rings. The van der Waals surface area contributed by atoms with Crippen LogP contribution in [0.2, 0.25) is 0 Å². The number of rotatable bonds is 10. The van der Waals surface area contributed by atoms with Crippen LogP contribution in [-0.4, -0.2) is 20.9 Å². The third-order valence-electron chi connectivity index (χ3n) is 10.2. The van der Waals surface area contributed by atoms with Crippen molar-refractivity contribution in [3.8, 4) is 22.4 Å². The average Bonchev–Trinajstić information content (AvgIpc) is 3.48. The molecule has 3 heterocycles. The van der Waals surface area contributed by atoms with Crippen molar-refractivity contribution < 1.29 is 34.4 Å². The number of aliphatic hydroxyl groups is 1.